The molecule has 2 N–H and O–H groups in total. The van der Waals surface area contributed by atoms with Crippen molar-refractivity contribution >= 4 is 5.91 Å². The standard InChI is InChI=1S/C19H21F3N2O2/c1-18(2,26)9-8-13-5-3-6-14(11-13)17(25)24-16(19(20,21)22)15-7-4-10-23-12-15/h3-7,10-12,16,26H,8-9H2,1-2H3,(H,24,25)/t16-/m0/s1. The minimum absolute atomic E-state index is 0.133. The molecule has 7 heteroatoms. The Morgan fingerprint density at radius 2 is 1.96 bits per heavy atom. The number of nitrogens with one attached hydrogen (secondary N) is 1. The van der Waals surface area contributed by atoms with Crippen LogP contribution in [0, 0.1) is 0 Å². The first-order valence-corrected chi connectivity index (χ1v) is 8.15. The van der Waals surface area contributed by atoms with Crippen LogP contribution in [0.15, 0.2) is 48.8 Å². The van der Waals surface area contributed by atoms with Gasteiger partial charge >= 0.3 is 6.18 Å². The number of hydrogen-bond acceptors (Lipinski definition) is 3. The molecule has 1 aromatic heterocycles. The van der Waals surface area contributed by atoms with E-state index in [2.05, 4.69) is 4.98 Å². The van der Waals surface area contributed by atoms with Gasteiger partial charge in [0.15, 0.2) is 6.04 Å². The van der Waals surface area contributed by atoms with Crippen LogP contribution in [0.4, 0.5) is 13.2 Å². The van der Waals surface area contributed by atoms with Crippen molar-refractivity contribution in [3.8, 4) is 0 Å². The largest absolute Gasteiger partial charge is 0.412 e. The average molecular weight is 366 g/mol. The van der Waals surface area contributed by atoms with Gasteiger partial charge in [-0.1, -0.05) is 18.2 Å². The van der Waals surface area contributed by atoms with E-state index in [9.17, 15) is 23.1 Å². The molecule has 1 atom stereocenters. The van der Waals surface area contributed by atoms with Crippen LogP contribution in [-0.4, -0.2) is 27.8 Å². The van der Waals surface area contributed by atoms with Gasteiger partial charge in [0.1, 0.15) is 0 Å². The molecule has 0 saturated heterocycles. The summed E-state index contributed by atoms with van der Waals surface area (Å²) < 4.78 is 40.0. The molecular weight excluding hydrogens is 345 g/mol. The fourth-order valence-corrected chi connectivity index (χ4v) is 2.43. The van der Waals surface area contributed by atoms with Crippen molar-refractivity contribution in [3.05, 3.63) is 65.5 Å². The molecule has 0 aliphatic rings. The lowest BCUT2D eigenvalue weighted by molar-refractivity contribution is -0.155. The first-order chi connectivity index (χ1) is 12.1. The number of aryl methyl sites for hydroxylation is 1. The van der Waals surface area contributed by atoms with Crippen LogP contribution in [0.25, 0.3) is 0 Å². The highest BCUT2D eigenvalue weighted by molar-refractivity contribution is 5.94. The van der Waals surface area contributed by atoms with Crippen LogP contribution in [-0.2, 0) is 6.42 Å². The number of pyridine rings is 1. The van der Waals surface area contributed by atoms with Crippen LogP contribution in [0.3, 0.4) is 0 Å². The number of nitrogens with zero attached hydrogens (tertiary/aromatic N) is 1. The van der Waals surface area contributed by atoms with Crippen molar-refractivity contribution in [2.75, 3.05) is 0 Å². The lowest BCUT2D eigenvalue weighted by Crippen LogP contribution is -2.38. The van der Waals surface area contributed by atoms with Crippen LogP contribution in [0.2, 0.25) is 0 Å². The SMILES string of the molecule is CC(C)(O)CCc1cccc(C(=O)N[C@@H](c2cccnc2)C(F)(F)F)c1. The molecule has 1 amide bonds. The Kier molecular flexibility index (Phi) is 6.02. The monoisotopic (exact) mass is 366 g/mol. The van der Waals surface area contributed by atoms with Gasteiger partial charge in [0.25, 0.3) is 5.91 Å². The van der Waals surface area contributed by atoms with Gasteiger partial charge in [-0.05, 0) is 50.5 Å². The van der Waals surface area contributed by atoms with Crippen molar-refractivity contribution in [2.24, 2.45) is 0 Å². The summed E-state index contributed by atoms with van der Waals surface area (Å²) in [6.45, 7) is 3.34. The van der Waals surface area contributed by atoms with E-state index >= 15 is 0 Å². The second kappa shape index (κ2) is 7.86. The van der Waals surface area contributed by atoms with Crippen molar-refractivity contribution < 1.29 is 23.1 Å². The molecule has 0 saturated carbocycles. The highest BCUT2D eigenvalue weighted by atomic mass is 19.4. The second-order valence-corrected chi connectivity index (χ2v) is 6.75. The summed E-state index contributed by atoms with van der Waals surface area (Å²) in [5.74, 6) is -0.818. The smallest absolute Gasteiger partial charge is 0.390 e. The van der Waals surface area contributed by atoms with Crippen LogP contribution < -0.4 is 5.32 Å². The molecule has 0 fully saturated rings. The number of halogens is 3. The van der Waals surface area contributed by atoms with E-state index in [4.69, 9.17) is 0 Å². The molecule has 2 aromatic rings. The maximum absolute atomic E-state index is 13.3. The number of aromatic nitrogens is 1. The summed E-state index contributed by atoms with van der Waals surface area (Å²) in [6.07, 6.45) is -1.21. The number of alkyl halides is 3. The summed E-state index contributed by atoms with van der Waals surface area (Å²) in [7, 11) is 0. The number of aliphatic hydroxyl groups is 1. The molecule has 26 heavy (non-hydrogen) atoms. The third-order valence-corrected chi connectivity index (χ3v) is 3.84. The van der Waals surface area contributed by atoms with E-state index in [0.717, 1.165) is 11.8 Å². The minimum atomic E-state index is -4.64. The molecule has 0 bridgehead atoms. The molecule has 0 unspecified atom stereocenters. The Balaban J connectivity index is 2.17. The molecule has 4 nitrogen and oxygen atoms in total. The molecule has 0 aliphatic carbocycles. The number of rotatable bonds is 6. The van der Waals surface area contributed by atoms with Crippen LogP contribution in [0.5, 0.6) is 0 Å². The van der Waals surface area contributed by atoms with E-state index in [-0.39, 0.29) is 11.1 Å². The van der Waals surface area contributed by atoms with Crippen molar-refractivity contribution in [3.63, 3.8) is 0 Å². The Morgan fingerprint density at radius 1 is 1.23 bits per heavy atom. The predicted molar refractivity (Wildman–Crippen MR) is 91.6 cm³/mol. The van der Waals surface area contributed by atoms with E-state index in [1.54, 1.807) is 26.0 Å². The number of benzene rings is 1. The number of carbonyl (C=O) groups is 1. The molecule has 0 aliphatic heterocycles. The normalized spacial score (nSPS) is 13.3. The van der Waals surface area contributed by atoms with Gasteiger partial charge in [-0.3, -0.25) is 9.78 Å². The number of carbonyl (C=O) groups excluding carboxylic acids is 1. The summed E-state index contributed by atoms with van der Waals surface area (Å²) >= 11 is 0. The summed E-state index contributed by atoms with van der Waals surface area (Å²) in [5, 5.41) is 11.8. The highest BCUT2D eigenvalue weighted by Crippen LogP contribution is 2.32. The quantitative estimate of drug-likeness (QED) is 0.817. The Labute approximate surface area is 150 Å². The van der Waals surface area contributed by atoms with Gasteiger partial charge in [-0.15, -0.1) is 0 Å². The molecule has 2 rings (SSSR count). The molecular formula is C19H21F3N2O2. The van der Waals surface area contributed by atoms with Gasteiger partial charge in [0, 0.05) is 23.5 Å². The van der Waals surface area contributed by atoms with Gasteiger partial charge in [0.05, 0.1) is 5.60 Å². The lowest BCUT2D eigenvalue weighted by Gasteiger charge is -2.22. The molecule has 1 heterocycles. The van der Waals surface area contributed by atoms with Crippen molar-refractivity contribution in [1.82, 2.24) is 10.3 Å². The molecule has 140 valence electrons. The van der Waals surface area contributed by atoms with Gasteiger partial charge < -0.3 is 10.4 Å². The van der Waals surface area contributed by atoms with E-state index < -0.39 is 23.7 Å². The fraction of sp³-hybridized carbons (Fsp3) is 0.368. The van der Waals surface area contributed by atoms with E-state index in [0.29, 0.717) is 12.8 Å². The first-order valence-electron chi connectivity index (χ1n) is 8.15. The zero-order chi connectivity index (χ0) is 19.4. The third-order valence-electron chi connectivity index (χ3n) is 3.84. The maximum Gasteiger partial charge on any atom is 0.412 e. The highest BCUT2D eigenvalue weighted by Gasteiger charge is 2.42. The fourth-order valence-electron chi connectivity index (χ4n) is 2.43. The third kappa shape index (κ3) is 5.84. The minimum Gasteiger partial charge on any atom is -0.390 e. The van der Waals surface area contributed by atoms with Gasteiger partial charge in [-0.25, -0.2) is 0 Å². The molecule has 0 spiro atoms. The molecule has 1 aromatic carbocycles. The average Bonchev–Trinajstić information content (AvgIpc) is 2.57. The van der Waals surface area contributed by atoms with Crippen LogP contribution >= 0.6 is 0 Å². The molecule has 0 radical (unpaired) electrons. The Morgan fingerprint density at radius 3 is 2.54 bits per heavy atom. The number of amides is 1. The van der Waals surface area contributed by atoms with Gasteiger partial charge in [-0.2, -0.15) is 13.2 Å². The lowest BCUT2D eigenvalue weighted by atomic mass is 9.97. The first kappa shape index (κ1) is 19.9. The Hall–Kier alpha value is -2.41. The predicted octanol–water partition coefficient (Wildman–Crippen LogP) is 3.82. The van der Waals surface area contributed by atoms with Crippen LogP contribution in [0.1, 0.15) is 47.8 Å². The van der Waals surface area contributed by atoms with Crippen molar-refractivity contribution in [1.29, 1.82) is 0 Å². The van der Waals surface area contributed by atoms with Gasteiger partial charge in [0.2, 0.25) is 0 Å². The summed E-state index contributed by atoms with van der Waals surface area (Å²) in [5.41, 5.74) is -0.0902. The maximum atomic E-state index is 13.3. The summed E-state index contributed by atoms with van der Waals surface area (Å²) in [4.78, 5) is 16.0. The summed E-state index contributed by atoms with van der Waals surface area (Å²) in [6, 6.07) is 6.90. The second-order valence-electron chi connectivity index (χ2n) is 6.75. The Bertz CT molecular complexity index is 740. The van der Waals surface area contributed by atoms with Crippen molar-refractivity contribution in [2.45, 2.75) is 44.5 Å². The van der Waals surface area contributed by atoms with E-state index in [1.165, 1.54) is 30.5 Å². The zero-order valence-corrected chi connectivity index (χ0v) is 14.5. The zero-order valence-electron chi connectivity index (χ0n) is 14.5. The topological polar surface area (TPSA) is 62.2 Å². The van der Waals surface area contributed by atoms with E-state index in [1.807, 2.05) is 5.32 Å². The number of hydrogen-bond donors (Lipinski definition) is 2.